The molecule has 0 unspecified atom stereocenters. The molecule has 0 fully saturated rings. The molecule has 0 atom stereocenters. The quantitative estimate of drug-likeness (QED) is 0.393. The number of ketones is 1. The van der Waals surface area contributed by atoms with Gasteiger partial charge in [0.05, 0.1) is 6.61 Å². The maximum atomic E-state index is 11.5. The molecule has 0 N–H and O–H groups in total. The van der Waals surface area contributed by atoms with Gasteiger partial charge in [0.1, 0.15) is 11.3 Å². The van der Waals surface area contributed by atoms with Crippen LogP contribution < -0.4 is 4.74 Å². The number of aromatic nitrogens is 1. The summed E-state index contributed by atoms with van der Waals surface area (Å²) in [7, 11) is 0. The van der Waals surface area contributed by atoms with Crippen LogP contribution >= 0.6 is 0 Å². The molecule has 130 valence electrons. The molecule has 2 aromatic carbocycles. The Morgan fingerprint density at radius 1 is 1.08 bits per heavy atom. The Morgan fingerprint density at radius 3 is 2.60 bits per heavy atom. The van der Waals surface area contributed by atoms with Crippen LogP contribution in [-0.4, -0.2) is 17.4 Å². The van der Waals surface area contributed by atoms with E-state index in [0.717, 1.165) is 24.3 Å². The van der Waals surface area contributed by atoms with Crippen LogP contribution in [-0.2, 0) is 0 Å². The number of carbonyl (C=O) groups is 1. The van der Waals surface area contributed by atoms with Crippen LogP contribution in [0.5, 0.6) is 5.75 Å². The average molecular weight is 337 g/mol. The monoisotopic (exact) mass is 337 g/mol. The van der Waals surface area contributed by atoms with Crippen molar-refractivity contribution in [3.05, 3.63) is 48.0 Å². The molecule has 1 heterocycles. The van der Waals surface area contributed by atoms with Crippen molar-refractivity contribution in [2.24, 2.45) is 0 Å². The molecule has 3 rings (SSSR count). The van der Waals surface area contributed by atoms with Crippen molar-refractivity contribution in [2.45, 2.75) is 39.5 Å². The number of fused-ring (bicyclic) bond motifs is 1. The lowest BCUT2D eigenvalue weighted by Crippen LogP contribution is -1.96. The summed E-state index contributed by atoms with van der Waals surface area (Å²) in [4.78, 5) is 16.0. The van der Waals surface area contributed by atoms with E-state index in [2.05, 4.69) is 11.9 Å². The molecular formula is C21H23NO3. The van der Waals surface area contributed by atoms with Gasteiger partial charge in [0.2, 0.25) is 5.89 Å². The predicted molar refractivity (Wildman–Crippen MR) is 99.1 cm³/mol. The number of carbonyl (C=O) groups excluding carboxylic acids is 1. The van der Waals surface area contributed by atoms with Crippen molar-refractivity contribution < 1.29 is 13.9 Å². The molecule has 0 spiro atoms. The number of unbranched alkanes of at least 4 members (excludes halogenated alkanes) is 3. The molecule has 0 amide bonds. The molecule has 4 nitrogen and oxygen atoms in total. The minimum Gasteiger partial charge on any atom is -0.494 e. The number of ether oxygens (including phenoxy) is 1. The van der Waals surface area contributed by atoms with Gasteiger partial charge >= 0.3 is 0 Å². The van der Waals surface area contributed by atoms with Crippen LogP contribution in [0.4, 0.5) is 0 Å². The third kappa shape index (κ3) is 4.27. The molecule has 0 aliphatic carbocycles. The van der Waals surface area contributed by atoms with E-state index in [1.807, 2.05) is 24.3 Å². The summed E-state index contributed by atoms with van der Waals surface area (Å²) < 4.78 is 11.5. The highest BCUT2D eigenvalue weighted by Crippen LogP contribution is 2.26. The van der Waals surface area contributed by atoms with Gasteiger partial charge in [0, 0.05) is 11.1 Å². The van der Waals surface area contributed by atoms with Crippen molar-refractivity contribution in [1.82, 2.24) is 4.98 Å². The van der Waals surface area contributed by atoms with Crippen molar-refractivity contribution >= 4 is 16.9 Å². The SMILES string of the molecule is CCCCCCOc1ccc(-c2nc3cc(C(C)=O)ccc3o2)cc1. The van der Waals surface area contributed by atoms with E-state index in [0.29, 0.717) is 22.6 Å². The second kappa shape index (κ2) is 7.97. The van der Waals surface area contributed by atoms with E-state index in [9.17, 15) is 4.79 Å². The van der Waals surface area contributed by atoms with Gasteiger partial charge in [-0.15, -0.1) is 0 Å². The number of benzene rings is 2. The van der Waals surface area contributed by atoms with Crippen LogP contribution in [0.25, 0.3) is 22.6 Å². The molecule has 0 bridgehead atoms. The zero-order valence-corrected chi connectivity index (χ0v) is 14.7. The summed E-state index contributed by atoms with van der Waals surface area (Å²) in [5.41, 5.74) is 2.90. The van der Waals surface area contributed by atoms with Crippen LogP contribution in [0.15, 0.2) is 46.9 Å². The Morgan fingerprint density at radius 2 is 1.88 bits per heavy atom. The molecule has 3 aromatic rings. The summed E-state index contributed by atoms with van der Waals surface area (Å²) in [6.45, 7) is 4.49. The summed E-state index contributed by atoms with van der Waals surface area (Å²) in [6.07, 6.45) is 4.78. The van der Waals surface area contributed by atoms with Crippen molar-refractivity contribution in [2.75, 3.05) is 6.61 Å². The van der Waals surface area contributed by atoms with Gasteiger partial charge < -0.3 is 9.15 Å². The number of oxazole rings is 1. The van der Waals surface area contributed by atoms with Crippen molar-refractivity contribution in [3.8, 4) is 17.2 Å². The first-order valence-electron chi connectivity index (χ1n) is 8.82. The molecule has 0 aliphatic heterocycles. The first-order chi connectivity index (χ1) is 12.2. The molecule has 1 aromatic heterocycles. The van der Waals surface area contributed by atoms with Gasteiger partial charge in [-0.2, -0.15) is 0 Å². The van der Waals surface area contributed by atoms with E-state index in [1.165, 1.54) is 19.3 Å². The number of nitrogens with zero attached hydrogens (tertiary/aromatic N) is 1. The van der Waals surface area contributed by atoms with Gasteiger partial charge in [-0.1, -0.05) is 26.2 Å². The molecule has 0 saturated heterocycles. The number of Topliss-reactive ketones (excluding diaryl/α,β-unsaturated/α-hetero) is 1. The lowest BCUT2D eigenvalue weighted by Gasteiger charge is -2.06. The standard InChI is InChI=1S/C21H23NO3/c1-3-4-5-6-13-24-18-10-7-16(8-11-18)21-22-19-14-17(15(2)23)9-12-20(19)25-21/h7-12,14H,3-6,13H2,1-2H3. The number of hydrogen-bond donors (Lipinski definition) is 0. The van der Waals surface area contributed by atoms with Crippen LogP contribution in [0.1, 0.15) is 49.9 Å². The molecule has 0 aliphatic rings. The zero-order valence-electron chi connectivity index (χ0n) is 14.7. The van der Waals surface area contributed by atoms with Crippen LogP contribution in [0.2, 0.25) is 0 Å². The molecular weight excluding hydrogens is 314 g/mol. The fraction of sp³-hybridized carbons (Fsp3) is 0.333. The van der Waals surface area contributed by atoms with Gasteiger partial charge in [-0.3, -0.25) is 4.79 Å². The maximum absolute atomic E-state index is 11.5. The fourth-order valence-corrected chi connectivity index (χ4v) is 2.68. The van der Waals surface area contributed by atoms with Crippen molar-refractivity contribution in [1.29, 1.82) is 0 Å². The second-order valence-corrected chi connectivity index (χ2v) is 6.19. The normalized spacial score (nSPS) is 11.0. The number of rotatable bonds is 8. The van der Waals surface area contributed by atoms with Gasteiger partial charge in [0.15, 0.2) is 11.4 Å². The Bertz CT molecular complexity index is 849. The predicted octanol–water partition coefficient (Wildman–Crippen LogP) is 5.66. The average Bonchev–Trinajstić information content (AvgIpc) is 3.05. The first-order valence-corrected chi connectivity index (χ1v) is 8.82. The third-order valence-electron chi connectivity index (χ3n) is 4.16. The molecule has 25 heavy (non-hydrogen) atoms. The molecule has 0 saturated carbocycles. The van der Waals surface area contributed by atoms with Gasteiger partial charge in [-0.05, 0) is 55.8 Å². The summed E-state index contributed by atoms with van der Waals surface area (Å²) >= 11 is 0. The smallest absolute Gasteiger partial charge is 0.227 e. The van der Waals surface area contributed by atoms with Crippen molar-refractivity contribution in [3.63, 3.8) is 0 Å². The van der Waals surface area contributed by atoms with Crippen LogP contribution in [0, 0.1) is 0 Å². The second-order valence-electron chi connectivity index (χ2n) is 6.19. The Hall–Kier alpha value is -2.62. The van der Waals surface area contributed by atoms with E-state index in [1.54, 1.807) is 25.1 Å². The highest BCUT2D eigenvalue weighted by Gasteiger charge is 2.10. The highest BCUT2D eigenvalue weighted by molar-refractivity contribution is 5.97. The third-order valence-corrected chi connectivity index (χ3v) is 4.16. The Balaban J connectivity index is 1.69. The van der Waals surface area contributed by atoms with E-state index < -0.39 is 0 Å². The largest absolute Gasteiger partial charge is 0.494 e. The molecule has 4 heteroatoms. The van der Waals surface area contributed by atoms with Gasteiger partial charge in [-0.25, -0.2) is 4.98 Å². The lowest BCUT2D eigenvalue weighted by atomic mass is 10.1. The zero-order chi connectivity index (χ0) is 17.6. The van der Waals surface area contributed by atoms with E-state index in [-0.39, 0.29) is 5.78 Å². The van der Waals surface area contributed by atoms with E-state index in [4.69, 9.17) is 9.15 Å². The fourth-order valence-electron chi connectivity index (χ4n) is 2.68. The number of hydrogen-bond acceptors (Lipinski definition) is 4. The van der Waals surface area contributed by atoms with Gasteiger partial charge in [0.25, 0.3) is 0 Å². The Kier molecular flexibility index (Phi) is 5.49. The van der Waals surface area contributed by atoms with E-state index >= 15 is 0 Å². The topological polar surface area (TPSA) is 52.3 Å². The lowest BCUT2D eigenvalue weighted by molar-refractivity contribution is 0.101. The summed E-state index contributed by atoms with van der Waals surface area (Å²) in [6, 6.07) is 13.1. The summed E-state index contributed by atoms with van der Waals surface area (Å²) in [5, 5.41) is 0. The minimum absolute atomic E-state index is 0.0203. The maximum Gasteiger partial charge on any atom is 0.227 e. The first kappa shape index (κ1) is 17.2. The van der Waals surface area contributed by atoms with Crippen LogP contribution in [0.3, 0.4) is 0 Å². The minimum atomic E-state index is 0.0203. The highest BCUT2D eigenvalue weighted by atomic mass is 16.5. The summed E-state index contributed by atoms with van der Waals surface area (Å²) in [5.74, 6) is 1.42. The molecule has 0 radical (unpaired) electrons. The Labute approximate surface area is 147 Å².